The topological polar surface area (TPSA) is 90.7 Å². The number of hydrogen-bond donors (Lipinski definition) is 1. The first-order chi connectivity index (χ1) is 15.1. The van der Waals surface area contributed by atoms with E-state index in [9.17, 15) is 0 Å². The predicted octanol–water partition coefficient (Wildman–Crippen LogP) is 3.96. The van der Waals surface area contributed by atoms with Crippen LogP contribution in [0.1, 0.15) is 48.7 Å². The number of nitrogens with one attached hydrogen (secondary N) is 1. The van der Waals surface area contributed by atoms with E-state index < -0.39 is 0 Å². The van der Waals surface area contributed by atoms with Crippen molar-refractivity contribution in [3.05, 3.63) is 40.7 Å². The molecule has 4 aromatic rings. The Bertz CT molecular complexity index is 1220. The van der Waals surface area contributed by atoms with Gasteiger partial charge in [-0.3, -0.25) is 0 Å². The zero-order chi connectivity index (χ0) is 21.4. The Morgan fingerprint density at radius 1 is 1.23 bits per heavy atom. The van der Waals surface area contributed by atoms with Gasteiger partial charge in [0.1, 0.15) is 5.52 Å². The summed E-state index contributed by atoms with van der Waals surface area (Å²) in [5.74, 6) is 0.487. The van der Waals surface area contributed by atoms with Crippen LogP contribution in [0, 0.1) is 13.8 Å². The normalized spacial score (nSPS) is 17.1. The number of H-pyrrole nitrogens is 1. The zero-order valence-corrected chi connectivity index (χ0v) is 18.3. The van der Waals surface area contributed by atoms with E-state index in [1.807, 2.05) is 13.8 Å². The van der Waals surface area contributed by atoms with Gasteiger partial charge in [0.15, 0.2) is 11.9 Å². The summed E-state index contributed by atoms with van der Waals surface area (Å²) in [5.41, 5.74) is 6.97. The van der Waals surface area contributed by atoms with Crippen molar-refractivity contribution >= 4 is 22.1 Å². The van der Waals surface area contributed by atoms with E-state index in [4.69, 9.17) is 14.5 Å². The maximum absolute atomic E-state index is 5.88. The van der Waals surface area contributed by atoms with Crippen LogP contribution in [0.15, 0.2) is 18.2 Å². The van der Waals surface area contributed by atoms with E-state index in [1.165, 1.54) is 17.5 Å². The Morgan fingerprint density at radius 3 is 2.90 bits per heavy atom. The molecule has 1 N–H and O–H groups in total. The quantitative estimate of drug-likeness (QED) is 0.508. The molecule has 1 fully saturated rings. The Morgan fingerprint density at radius 2 is 2.13 bits per heavy atom. The van der Waals surface area contributed by atoms with Crippen LogP contribution in [-0.2, 0) is 22.3 Å². The molecule has 0 bridgehead atoms. The number of aryl methyl sites for hydroxylation is 1. The van der Waals surface area contributed by atoms with Crippen LogP contribution in [0.3, 0.4) is 0 Å². The molecule has 0 amide bonds. The maximum Gasteiger partial charge on any atom is 0.272 e. The lowest BCUT2D eigenvalue weighted by Crippen LogP contribution is -2.23. The number of aromatic amines is 1. The zero-order valence-electron chi connectivity index (χ0n) is 18.3. The third-order valence-electron chi connectivity index (χ3n) is 6.08. The minimum atomic E-state index is -0.0540. The van der Waals surface area contributed by atoms with Crippen LogP contribution < -0.4 is 0 Å². The molecule has 1 saturated heterocycles. The Kier molecular flexibility index (Phi) is 5.41. The SMILES string of the molecule is CCc1c(C)nn(-c2nnc3c(n2)[nH]c2ccc(CCOC4CCCCO4)cc23)c1C. The molecule has 5 rings (SSSR count). The van der Waals surface area contributed by atoms with E-state index in [0.29, 0.717) is 12.6 Å². The van der Waals surface area contributed by atoms with Crippen molar-refractivity contribution in [1.82, 2.24) is 29.9 Å². The van der Waals surface area contributed by atoms with Gasteiger partial charge in [0.25, 0.3) is 5.95 Å². The standard InChI is InChI=1S/C23H28N6O2/c1-4-17-14(2)28-29(15(17)3)23-25-22-21(26-27-23)18-13-16(8-9-19(18)24-22)10-12-31-20-7-5-6-11-30-20/h8-9,13,20H,4-7,10-12H2,1-3H3,(H,24,25,27). The average molecular weight is 421 g/mol. The second-order valence-electron chi connectivity index (χ2n) is 8.15. The van der Waals surface area contributed by atoms with Gasteiger partial charge in [-0.15, -0.1) is 10.2 Å². The number of aromatic nitrogens is 6. The Labute approximate surface area is 181 Å². The number of ether oxygens (including phenoxy) is 2. The van der Waals surface area contributed by atoms with Crippen LogP contribution in [0.4, 0.5) is 0 Å². The second-order valence-corrected chi connectivity index (χ2v) is 8.15. The van der Waals surface area contributed by atoms with Crippen molar-refractivity contribution in [2.75, 3.05) is 13.2 Å². The molecular weight excluding hydrogens is 392 g/mol. The summed E-state index contributed by atoms with van der Waals surface area (Å²) in [6, 6.07) is 6.34. The van der Waals surface area contributed by atoms with E-state index in [1.54, 1.807) is 4.68 Å². The number of rotatable bonds is 6. The highest BCUT2D eigenvalue weighted by molar-refractivity contribution is 6.03. The van der Waals surface area contributed by atoms with E-state index >= 15 is 0 Å². The van der Waals surface area contributed by atoms with Crippen LogP contribution >= 0.6 is 0 Å². The predicted molar refractivity (Wildman–Crippen MR) is 118 cm³/mol. The number of nitrogens with zero attached hydrogens (tertiary/aromatic N) is 5. The summed E-state index contributed by atoms with van der Waals surface area (Å²) in [7, 11) is 0. The van der Waals surface area contributed by atoms with Gasteiger partial charge in [0.2, 0.25) is 0 Å². The molecule has 1 aromatic carbocycles. The molecule has 1 unspecified atom stereocenters. The van der Waals surface area contributed by atoms with Gasteiger partial charge in [-0.1, -0.05) is 13.0 Å². The summed E-state index contributed by atoms with van der Waals surface area (Å²) in [5, 5.41) is 14.5. The van der Waals surface area contributed by atoms with Gasteiger partial charge in [0.05, 0.1) is 12.3 Å². The van der Waals surface area contributed by atoms with Gasteiger partial charge >= 0.3 is 0 Å². The molecule has 8 nitrogen and oxygen atoms in total. The van der Waals surface area contributed by atoms with Crippen molar-refractivity contribution in [1.29, 1.82) is 0 Å². The Hall–Kier alpha value is -2.84. The largest absolute Gasteiger partial charge is 0.353 e. The van der Waals surface area contributed by atoms with Crippen molar-refractivity contribution in [2.24, 2.45) is 0 Å². The molecule has 1 aliphatic heterocycles. The summed E-state index contributed by atoms with van der Waals surface area (Å²) in [4.78, 5) is 8.09. The second kappa shape index (κ2) is 8.36. The van der Waals surface area contributed by atoms with Crippen molar-refractivity contribution in [3.8, 4) is 5.95 Å². The number of hydrogen-bond acceptors (Lipinski definition) is 6. The highest BCUT2D eigenvalue weighted by Crippen LogP contribution is 2.25. The third-order valence-corrected chi connectivity index (χ3v) is 6.08. The van der Waals surface area contributed by atoms with E-state index in [-0.39, 0.29) is 6.29 Å². The first-order valence-corrected chi connectivity index (χ1v) is 11.1. The van der Waals surface area contributed by atoms with Gasteiger partial charge in [-0.05, 0) is 69.2 Å². The fraction of sp³-hybridized carbons (Fsp3) is 0.478. The van der Waals surface area contributed by atoms with Crippen LogP contribution in [0.5, 0.6) is 0 Å². The fourth-order valence-electron chi connectivity index (χ4n) is 4.39. The highest BCUT2D eigenvalue weighted by atomic mass is 16.7. The summed E-state index contributed by atoms with van der Waals surface area (Å²) in [6.07, 6.45) is 5.00. The van der Waals surface area contributed by atoms with Gasteiger partial charge in [0, 0.05) is 23.2 Å². The Balaban J connectivity index is 1.39. The van der Waals surface area contributed by atoms with Crippen LogP contribution in [-0.4, -0.2) is 49.4 Å². The monoisotopic (exact) mass is 420 g/mol. The van der Waals surface area contributed by atoms with Crippen LogP contribution in [0.25, 0.3) is 28.0 Å². The van der Waals surface area contributed by atoms with Crippen molar-refractivity contribution in [2.45, 2.75) is 59.2 Å². The van der Waals surface area contributed by atoms with Gasteiger partial charge in [-0.25, -0.2) is 4.68 Å². The molecule has 4 heterocycles. The third kappa shape index (κ3) is 3.81. The summed E-state index contributed by atoms with van der Waals surface area (Å²) in [6.45, 7) is 7.64. The van der Waals surface area contributed by atoms with Gasteiger partial charge < -0.3 is 14.5 Å². The minimum absolute atomic E-state index is 0.0540. The fourth-order valence-corrected chi connectivity index (χ4v) is 4.39. The first kappa shape index (κ1) is 20.1. The van der Waals surface area contributed by atoms with Crippen molar-refractivity contribution < 1.29 is 9.47 Å². The lowest BCUT2D eigenvalue weighted by atomic mass is 10.1. The number of benzene rings is 1. The summed E-state index contributed by atoms with van der Waals surface area (Å²) < 4.78 is 13.3. The molecule has 8 heteroatoms. The molecule has 31 heavy (non-hydrogen) atoms. The molecule has 3 aromatic heterocycles. The molecule has 0 saturated carbocycles. The minimum Gasteiger partial charge on any atom is -0.353 e. The molecular formula is C23H28N6O2. The lowest BCUT2D eigenvalue weighted by molar-refractivity contribution is -0.161. The highest BCUT2D eigenvalue weighted by Gasteiger charge is 2.17. The first-order valence-electron chi connectivity index (χ1n) is 11.1. The van der Waals surface area contributed by atoms with E-state index in [0.717, 1.165) is 65.7 Å². The average Bonchev–Trinajstić information content (AvgIpc) is 3.29. The van der Waals surface area contributed by atoms with Crippen LogP contribution in [0.2, 0.25) is 0 Å². The van der Waals surface area contributed by atoms with Crippen molar-refractivity contribution in [3.63, 3.8) is 0 Å². The lowest BCUT2D eigenvalue weighted by Gasteiger charge is -2.22. The maximum atomic E-state index is 5.88. The smallest absolute Gasteiger partial charge is 0.272 e. The molecule has 0 spiro atoms. The molecule has 162 valence electrons. The molecule has 1 aliphatic rings. The molecule has 1 atom stereocenters. The molecule has 0 aliphatic carbocycles. The molecule has 0 radical (unpaired) electrons. The summed E-state index contributed by atoms with van der Waals surface area (Å²) >= 11 is 0. The van der Waals surface area contributed by atoms with E-state index in [2.05, 4.69) is 45.4 Å². The number of fused-ring (bicyclic) bond motifs is 3. The van der Waals surface area contributed by atoms with Gasteiger partial charge in [-0.2, -0.15) is 10.1 Å².